The van der Waals surface area contributed by atoms with Gasteiger partial charge in [-0.25, -0.2) is 9.78 Å². The highest BCUT2D eigenvalue weighted by atomic mass is 16.5. The zero-order chi connectivity index (χ0) is 21.7. The van der Waals surface area contributed by atoms with Gasteiger partial charge in [0.1, 0.15) is 11.6 Å². The van der Waals surface area contributed by atoms with E-state index in [1.54, 1.807) is 25.4 Å². The first kappa shape index (κ1) is 21.4. The van der Waals surface area contributed by atoms with Gasteiger partial charge in [0.15, 0.2) is 0 Å². The van der Waals surface area contributed by atoms with Crippen LogP contribution in [0.4, 0.5) is 16.3 Å². The molecule has 1 aliphatic rings. The quantitative estimate of drug-likeness (QED) is 0.808. The maximum atomic E-state index is 12.8. The van der Waals surface area contributed by atoms with Crippen LogP contribution in [0, 0.1) is 0 Å². The second kappa shape index (κ2) is 9.02. The van der Waals surface area contributed by atoms with Gasteiger partial charge in [-0.1, -0.05) is 12.1 Å². The second-order valence-corrected chi connectivity index (χ2v) is 8.21. The highest BCUT2D eigenvalue weighted by molar-refractivity contribution is 5.97. The van der Waals surface area contributed by atoms with E-state index >= 15 is 0 Å². The lowest BCUT2D eigenvalue weighted by molar-refractivity contribution is 0.0743. The average Bonchev–Trinajstić information content (AvgIpc) is 2.72. The number of methoxy groups -OCH3 is 1. The Morgan fingerprint density at radius 1 is 1.03 bits per heavy atom. The molecule has 2 heterocycles. The molecular weight excluding hydrogens is 382 g/mol. The summed E-state index contributed by atoms with van der Waals surface area (Å²) in [6.45, 7) is 8.35. The van der Waals surface area contributed by atoms with Gasteiger partial charge in [-0.3, -0.25) is 4.79 Å². The predicted molar refractivity (Wildman–Crippen MR) is 117 cm³/mol. The number of anilines is 2. The van der Waals surface area contributed by atoms with Crippen LogP contribution in [0.25, 0.3) is 0 Å². The summed E-state index contributed by atoms with van der Waals surface area (Å²) in [4.78, 5) is 33.2. The molecule has 0 unspecified atom stereocenters. The number of urea groups is 1. The third-order valence-electron chi connectivity index (χ3n) is 4.72. The zero-order valence-electron chi connectivity index (χ0n) is 17.9. The van der Waals surface area contributed by atoms with Crippen LogP contribution in [-0.4, -0.2) is 60.6 Å². The number of benzene rings is 1. The van der Waals surface area contributed by atoms with Crippen molar-refractivity contribution >= 4 is 23.4 Å². The molecule has 1 aromatic heterocycles. The van der Waals surface area contributed by atoms with E-state index in [0.717, 1.165) is 5.82 Å². The first-order chi connectivity index (χ1) is 14.3. The third-order valence-corrected chi connectivity index (χ3v) is 4.72. The average molecular weight is 412 g/mol. The molecule has 3 rings (SSSR count). The van der Waals surface area contributed by atoms with Crippen LogP contribution < -0.4 is 20.3 Å². The lowest BCUT2D eigenvalue weighted by atomic mass is 10.1. The molecule has 0 radical (unpaired) electrons. The van der Waals surface area contributed by atoms with Gasteiger partial charge >= 0.3 is 6.03 Å². The number of para-hydroxylation sites is 1. The van der Waals surface area contributed by atoms with Crippen molar-refractivity contribution in [1.29, 1.82) is 0 Å². The molecule has 0 spiro atoms. The Kier molecular flexibility index (Phi) is 6.44. The first-order valence-electron chi connectivity index (χ1n) is 9.99. The predicted octanol–water partition coefficient (Wildman–Crippen LogP) is 2.97. The zero-order valence-corrected chi connectivity index (χ0v) is 17.9. The van der Waals surface area contributed by atoms with Gasteiger partial charge in [0.25, 0.3) is 5.91 Å². The Balaban J connectivity index is 1.56. The fraction of sp³-hybridized carbons (Fsp3) is 0.409. The van der Waals surface area contributed by atoms with Crippen molar-refractivity contribution in [2.75, 3.05) is 43.5 Å². The van der Waals surface area contributed by atoms with Crippen molar-refractivity contribution in [2.24, 2.45) is 0 Å². The van der Waals surface area contributed by atoms with E-state index in [0.29, 0.717) is 43.2 Å². The van der Waals surface area contributed by atoms with Crippen molar-refractivity contribution in [1.82, 2.24) is 15.2 Å². The van der Waals surface area contributed by atoms with E-state index in [2.05, 4.69) is 20.5 Å². The molecule has 2 aromatic rings. The second-order valence-electron chi connectivity index (χ2n) is 8.21. The van der Waals surface area contributed by atoms with Crippen LogP contribution in [0.3, 0.4) is 0 Å². The fourth-order valence-electron chi connectivity index (χ4n) is 3.28. The van der Waals surface area contributed by atoms with Crippen LogP contribution in [0.5, 0.6) is 5.75 Å². The topological polar surface area (TPSA) is 86.8 Å². The monoisotopic (exact) mass is 411 g/mol. The lowest BCUT2D eigenvalue weighted by Crippen LogP contribution is -2.49. The summed E-state index contributed by atoms with van der Waals surface area (Å²) in [5, 5.41) is 5.63. The van der Waals surface area contributed by atoms with Crippen LogP contribution in [0.1, 0.15) is 31.1 Å². The lowest BCUT2D eigenvalue weighted by Gasteiger charge is -2.35. The summed E-state index contributed by atoms with van der Waals surface area (Å²) in [5.74, 6) is 1.39. The highest BCUT2D eigenvalue weighted by Gasteiger charge is 2.24. The Bertz CT molecular complexity index is 884. The maximum Gasteiger partial charge on any atom is 0.319 e. The number of carbonyl (C=O) groups is 2. The molecule has 1 aliphatic heterocycles. The summed E-state index contributed by atoms with van der Waals surface area (Å²) in [6, 6.07) is 10.7. The smallest absolute Gasteiger partial charge is 0.319 e. The molecular formula is C22H29N5O3. The van der Waals surface area contributed by atoms with Gasteiger partial charge in [-0.15, -0.1) is 0 Å². The number of hydrogen-bond donors (Lipinski definition) is 2. The summed E-state index contributed by atoms with van der Waals surface area (Å²) < 4.78 is 5.31. The minimum absolute atomic E-state index is 0.0236. The summed E-state index contributed by atoms with van der Waals surface area (Å²) in [7, 11) is 1.57. The Labute approximate surface area is 177 Å². The van der Waals surface area contributed by atoms with Crippen LogP contribution in [-0.2, 0) is 0 Å². The van der Waals surface area contributed by atoms with E-state index in [1.807, 2.05) is 49.9 Å². The highest BCUT2D eigenvalue weighted by Crippen LogP contribution is 2.21. The number of pyridine rings is 1. The number of nitrogens with zero attached hydrogens (tertiary/aromatic N) is 3. The molecule has 0 atom stereocenters. The number of nitrogens with one attached hydrogen (secondary N) is 2. The molecule has 8 heteroatoms. The SMILES string of the molecule is COc1ccccc1C(=O)N1CCN(c2ccc(NC(=O)NC(C)(C)C)cn2)CC1. The van der Waals surface area contributed by atoms with Crippen molar-refractivity contribution < 1.29 is 14.3 Å². The minimum Gasteiger partial charge on any atom is -0.496 e. The molecule has 1 saturated heterocycles. The Morgan fingerprint density at radius 2 is 1.73 bits per heavy atom. The van der Waals surface area contributed by atoms with Crippen molar-refractivity contribution in [3.63, 3.8) is 0 Å². The van der Waals surface area contributed by atoms with Crippen LogP contribution in [0.15, 0.2) is 42.6 Å². The van der Waals surface area contributed by atoms with E-state index in [1.165, 1.54) is 0 Å². The summed E-state index contributed by atoms with van der Waals surface area (Å²) in [6.07, 6.45) is 1.64. The van der Waals surface area contributed by atoms with Crippen molar-refractivity contribution in [3.05, 3.63) is 48.2 Å². The van der Waals surface area contributed by atoms with Gasteiger partial charge in [0.2, 0.25) is 0 Å². The van der Waals surface area contributed by atoms with E-state index in [9.17, 15) is 9.59 Å². The number of piperazine rings is 1. The molecule has 0 saturated carbocycles. The van der Waals surface area contributed by atoms with E-state index in [-0.39, 0.29) is 17.5 Å². The molecule has 2 N–H and O–H groups in total. The Hall–Kier alpha value is -3.29. The molecule has 3 amide bonds. The number of ether oxygens (including phenoxy) is 1. The summed E-state index contributed by atoms with van der Waals surface area (Å²) in [5.41, 5.74) is 0.902. The van der Waals surface area contributed by atoms with E-state index < -0.39 is 0 Å². The Morgan fingerprint density at radius 3 is 2.33 bits per heavy atom. The maximum absolute atomic E-state index is 12.8. The van der Waals surface area contributed by atoms with Gasteiger partial charge in [0.05, 0.1) is 24.6 Å². The molecule has 1 fully saturated rings. The molecule has 0 bridgehead atoms. The van der Waals surface area contributed by atoms with Gasteiger partial charge in [-0.05, 0) is 45.0 Å². The molecule has 30 heavy (non-hydrogen) atoms. The number of aromatic nitrogens is 1. The molecule has 160 valence electrons. The van der Waals surface area contributed by atoms with Crippen molar-refractivity contribution in [2.45, 2.75) is 26.3 Å². The first-order valence-corrected chi connectivity index (χ1v) is 9.99. The third kappa shape index (κ3) is 5.40. The van der Waals surface area contributed by atoms with Crippen LogP contribution >= 0.6 is 0 Å². The van der Waals surface area contributed by atoms with Gasteiger partial charge < -0.3 is 25.2 Å². The number of carbonyl (C=O) groups excluding carboxylic acids is 2. The standard InChI is InChI=1S/C22H29N5O3/c1-22(2,3)25-21(29)24-16-9-10-19(23-15-16)26-11-13-27(14-12-26)20(28)17-7-5-6-8-18(17)30-4/h5-10,15H,11-14H2,1-4H3,(H2,24,25,29). The molecule has 8 nitrogen and oxygen atoms in total. The normalized spacial score (nSPS) is 14.3. The molecule has 0 aliphatic carbocycles. The van der Waals surface area contributed by atoms with E-state index in [4.69, 9.17) is 4.74 Å². The minimum atomic E-state index is -0.307. The number of hydrogen-bond acceptors (Lipinski definition) is 5. The number of amides is 3. The largest absolute Gasteiger partial charge is 0.496 e. The molecule has 1 aromatic carbocycles. The fourth-order valence-corrected chi connectivity index (χ4v) is 3.28. The summed E-state index contributed by atoms with van der Waals surface area (Å²) >= 11 is 0. The van der Waals surface area contributed by atoms with Crippen molar-refractivity contribution in [3.8, 4) is 5.75 Å². The van der Waals surface area contributed by atoms with Gasteiger partial charge in [0, 0.05) is 31.7 Å². The number of rotatable bonds is 4. The van der Waals surface area contributed by atoms with Gasteiger partial charge in [-0.2, -0.15) is 0 Å². The van der Waals surface area contributed by atoms with Crippen LogP contribution in [0.2, 0.25) is 0 Å².